The minimum absolute atomic E-state index is 0.103. The number of amides is 4. The second-order valence-electron chi connectivity index (χ2n) is 16.0. The van der Waals surface area contributed by atoms with Gasteiger partial charge in [-0.25, -0.2) is 14.6 Å². The van der Waals surface area contributed by atoms with Crippen molar-refractivity contribution in [2.75, 3.05) is 27.3 Å². The monoisotopic (exact) mass is 789 g/mol. The van der Waals surface area contributed by atoms with E-state index in [-0.39, 0.29) is 41.2 Å². The first-order valence-electron chi connectivity index (χ1n) is 20.0. The molecule has 0 aliphatic carbocycles. The van der Waals surface area contributed by atoms with Crippen molar-refractivity contribution in [3.63, 3.8) is 0 Å². The molecule has 7 rings (SSSR count). The average molecular weight is 790 g/mol. The summed E-state index contributed by atoms with van der Waals surface area (Å²) < 4.78 is 9.54. The molecule has 4 atom stereocenters. The molecule has 3 N–H and O–H groups in total. The zero-order valence-corrected chi connectivity index (χ0v) is 33.8. The van der Waals surface area contributed by atoms with Gasteiger partial charge in [-0.2, -0.15) is 0 Å². The number of nitrogens with zero attached hydrogens (tertiary/aromatic N) is 4. The van der Waals surface area contributed by atoms with Crippen LogP contribution in [-0.2, 0) is 19.1 Å². The SMILES string of the molecule is COC(=O)N[C@H](C(=O)N1CCCC1c1cc(=O)c2ncc(-c3ccc4cc(C5=CN=C([C@@H]6CCCN6C(=O)[C@@H](NC(=O)OC)C(C)C)C5)ccc4c3)cc2[nH]1)C(C)C. The van der Waals surface area contributed by atoms with E-state index < -0.39 is 24.3 Å². The van der Waals surface area contributed by atoms with E-state index in [9.17, 15) is 24.0 Å². The number of hydrogen-bond donors (Lipinski definition) is 3. The molecule has 2 fully saturated rings. The van der Waals surface area contributed by atoms with Crippen molar-refractivity contribution in [1.29, 1.82) is 0 Å². The van der Waals surface area contributed by atoms with Gasteiger partial charge in [-0.05, 0) is 83.2 Å². The van der Waals surface area contributed by atoms with Gasteiger partial charge in [0.05, 0.1) is 31.8 Å². The first kappa shape index (κ1) is 40.2. The number of alkyl carbamates (subject to hydrolysis) is 2. The van der Waals surface area contributed by atoms with Gasteiger partial charge in [-0.1, -0.05) is 52.0 Å². The molecule has 304 valence electrons. The van der Waals surface area contributed by atoms with Gasteiger partial charge in [-0.15, -0.1) is 0 Å². The van der Waals surface area contributed by atoms with E-state index in [0.29, 0.717) is 42.7 Å². The second kappa shape index (κ2) is 16.8. The van der Waals surface area contributed by atoms with Gasteiger partial charge in [0, 0.05) is 54.9 Å². The van der Waals surface area contributed by atoms with Crippen molar-refractivity contribution in [3.05, 3.63) is 82.4 Å². The van der Waals surface area contributed by atoms with Crippen molar-refractivity contribution in [3.8, 4) is 11.1 Å². The lowest BCUT2D eigenvalue weighted by Crippen LogP contribution is -2.53. The first-order valence-corrected chi connectivity index (χ1v) is 20.0. The number of aromatic nitrogens is 2. The molecule has 58 heavy (non-hydrogen) atoms. The van der Waals surface area contributed by atoms with Crippen LogP contribution in [0.2, 0.25) is 0 Å². The Balaban J connectivity index is 1.07. The highest BCUT2D eigenvalue weighted by Crippen LogP contribution is 2.35. The molecule has 0 spiro atoms. The quantitative estimate of drug-likeness (QED) is 0.167. The number of allylic oxidation sites excluding steroid dienone is 1. The third-order valence-corrected chi connectivity index (χ3v) is 11.6. The van der Waals surface area contributed by atoms with E-state index in [1.165, 1.54) is 20.3 Å². The summed E-state index contributed by atoms with van der Waals surface area (Å²) in [5.74, 6) is -0.604. The fourth-order valence-corrected chi connectivity index (χ4v) is 8.43. The molecule has 2 aromatic heterocycles. The number of carbonyl (C=O) groups is 4. The highest BCUT2D eigenvalue weighted by Gasteiger charge is 2.39. The number of aliphatic imine (C=N–C) groups is 1. The Kier molecular flexibility index (Phi) is 11.6. The number of pyridine rings is 2. The lowest BCUT2D eigenvalue weighted by atomic mass is 9.95. The molecule has 2 aromatic carbocycles. The molecule has 1 unspecified atom stereocenters. The van der Waals surface area contributed by atoms with Crippen LogP contribution in [0.3, 0.4) is 0 Å². The molecular formula is C44H51N7O7. The molecule has 2 saturated heterocycles. The smallest absolute Gasteiger partial charge is 0.407 e. The molecule has 0 bridgehead atoms. The molecule has 5 heterocycles. The van der Waals surface area contributed by atoms with Gasteiger partial charge in [0.15, 0.2) is 0 Å². The number of likely N-dealkylation sites (tertiary alicyclic amines) is 2. The summed E-state index contributed by atoms with van der Waals surface area (Å²) in [5.41, 5.74) is 6.14. The van der Waals surface area contributed by atoms with Gasteiger partial charge >= 0.3 is 12.2 Å². The standard InChI is InChI=1S/C44H51N7O7/c1-24(2)38(48-43(55)57-5)41(53)50-15-7-9-35(50)32-19-30(22-45-32)28-13-11-27-18-29(14-12-26(27)17-28)31-20-34-40(46-23-31)37(52)21-33(47-34)36-10-8-16-51(36)42(54)39(25(3)4)49-44(56)58-6/h11-14,17-18,20-25,35-36,38-39H,7-10,15-16,19H2,1-6H3,(H,47,52)(H,48,55)(H,49,56)/t35-,36?,38-,39-/m0/s1. The molecule has 14 heteroatoms. The maximum absolute atomic E-state index is 13.7. The summed E-state index contributed by atoms with van der Waals surface area (Å²) in [5, 5.41) is 7.47. The molecular weight excluding hydrogens is 739 g/mol. The van der Waals surface area contributed by atoms with Crippen LogP contribution in [0.1, 0.15) is 77.1 Å². The summed E-state index contributed by atoms with van der Waals surface area (Å²) in [6.45, 7) is 8.67. The number of ether oxygens (including phenoxy) is 2. The van der Waals surface area contributed by atoms with Crippen molar-refractivity contribution in [1.82, 2.24) is 30.4 Å². The number of hydrogen-bond acceptors (Lipinski definition) is 9. The van der Waals surface area contributed by atoms with Crippen LogP contribution in [0.25, 0.3) is 38.5 Å². The fourth-order valence-electron chi connectivity index (χ4n) is 8.43. The largest absolute Gasteiger partial charge is 0.453 e. The molecule has 3 aliphatic heterocycles. The van der Waals surface area contributed by atoms with Gasteiger partial charge in [-0.3, -0.25) is 19.4 Å². The molecule has 14 nitrogen and oxygen atoms in total. The summed E-state index contributed by atoms with van der Waals surface area (Å²) in [6, 6.07) is 14.1. The van der Waals surface area contributed by atoms with E-state index >= 15 is 0 Å². The molecule has 0 radical (unpaired) electrons. The number of benzene rings is 2. The van der Waals surface area contributed by atoms with Crippen LogP contribution in [0.15, 0.2) is 70.7 Å². The zero-order valence-electron chi connectivity index (χ0n) is 33.8. The Morgan fingerprint density at radius 2 is 1.33 bits per heavy atom. The number of carbonyl (C=O) groups excluding carboxylic acids is 4. The van der Waals surface area contributed by atoms with Gasteiger partial charge in [0.1, 0.15) is 17.6 Å². The summed E-state index contributed by atoms with van der Waals surface area (Å²) >= 11 is 0. The van der Waals surface area contributed by atoms with Crippen molar-refractivity contribution >= 4 is 57.1 Å². The second-order valence-corrected chi connectivity index (χ2v) is 16.0. The Labute approximate surface area is 337 Å². The van der Waals surface area contributed by atoms with Crippen LogP contribution in [0.4, 0.5) is 9.59 Å². The van der Waals surface area contributed by atoms with Crippen molar-refractivity contribution < 1.29 is 28.7 Å². The molecule has 0 saturated carbocycles. The van der Waals surface area contributed by atoms with Gasteiger partial charge < -0.3 is 34.9 Å². The van der Waals surface area contributed by atoms with Crippen LogP contribution in [-0.4, -0.2) is 94.9 Å². The Hall–Kier alpha value is -6.05. The number of nitrogens with one attached hydrogen (secondary N) is 3. The topological polar surface area (TPSA) is 175 Å². The van der Waals surface area contributed by atoms with Crippen molar-refractivity contribution in [2.45, 2.75) is 84.0 Å². The fraction of sp³-hybridized carbons (Fsp3) is 0.432. The minimum atomic E-state index is -0.764. The predicted molar refractivity (Wildman–Crippen MR) is 222 cm³/mol. The number of H-pyrrole nitrogens is 1. The summed E-state index contributed by atoms with van der Waals surface area (Å²) in [6.07, 6.45) is 6.08. The number of rotatable bonds is 10. The zero-order chi connectivity index (χ0) is 41.2. The number of methoxy groups -OCH3 is 2. The Morgan fingerprint density at radius 1 is 0.759 bits per heavy atom. The van der Waals surface area contributed by atoms with E-state index in [0.717, 1.165) is 58.0 Å². The minimum Gasteiger partial charge on any atom is -0.453 e. The van der Waals surface area contributed by atoms with E-state index in [1.807, 2.05) is 50.9 Å². The van der Waals surface area contributed by atoms with Crippen LogP contribution < -0.4 is 16.1 Å². The van der Waals surface area contributed by atoms with Gasteiger partial charge in [0.25, 0.3) is 0 Å². The van der Waals surface area contributed by atoms with Crippen LogP contribution in [0, 0.1) is 11.8 Å². The molecule has 4 aromatic rings. The summed E-state index contributed by atoms with van der Waals surface area (Å²) in [4.78, 5) is 81.1. The molecule has 4 amide bonds. The highest BCUT2D eigenvalue weighted by atomic mass is 16.5. The van der Waals surface area contributed by atoms with Crippen LogP contribution in [0.5, 0.6) is 0 Å². The number of fused-ring (bicyclic) bond motifs is 2. The van der Waals surface area contributed by atoms with Gasteiger partial charge in [0.2, 0.25) is 17.2 Å². The Bertz CT molecular complexity index is 2380. The highest BCUT2D eigenvalue weighted by molar-refractivity contribution is 6.04. The van der Waals surface area contributed by atoms with Crippen molar-refractivity contribution in [2.24, 2.45) is 16.8 Å². The maximum atomic E-state index is 13.7. The first-order chi connectivity index (χ1) is 27.9. The third kappa shape index (κ3) is 8.05. The van der Waals surface area contributed by atoms with E-state index in [4.69, 9.17) is 14.5 Å². The maximum Gasteiger partial charge on any atom is 0.407 e. The lowest BCUT2D eigenvalue weighted by molar-refractivity contribution is -0.135. The summed E-state index contributed by atoms with van der Waals surface area (Å²) in [7, 11) is 2.56. The lowest BCUT2D eigenvalue weighted by Gasteiger charge is -2.31. The normalized spacial score (nSPS) is 19.0. The number of aromatic amines is 1. The Morgan fingerprint density at radius 3 is 1.93 bits per heavy atom. The average Bonchev–Trinajstić information content (AvgIpc) is 4.02. The van der Waals surface area contributed by atoms with E-state index in [1.54, 1.807) is 11.1 Å². The van der Waals surface area contributed by atoms with Crippen LogP contribution >= 0.6 is 0 Å². The third-order valence-electron chi connectivity index (χ3n) is 11.6. The predicted octanol–water partition coefficient (Wildman–Crippen LogP) is 6.34. The van der Waals surface area contributed by atoms with E-state index in [2.05, 4.69) is 50.9 Å². The molecule has 3 aliphatic rings.